The van der Waals surface area contributed by atoms with Crippen LogP contribution in [0.3, 0.4) is 0 Å². The maximum atomic E-state index is 11.7. The van der Waals surface area contributed by atoms with E-state index < -0.39 is 0 Å². The van der Waals surface area contributed by atoms with Gasteiger partial charge in [-0.15, -0.1) is 0 Å². The summed E-state index contributed by atoms with van der Waals surface area (Å²) in [6.45, 7) is 6.08. The van der Waals surface area contributed by atoms with Crippen molar-refractivity contribution in [2.75, 3.05) is 17.2 Å². The van der Waals surface area contributed by atoms with Crippen LogP contribution in [0.2, 0.25) is 0 Å². The van der Waals surface area contributed by atoms with Gasteiger partial charge in [0.1, 0.15) is 11.6 Å². The van der Waals surface area contributed by atoms with Gasteiger partial charge in [-0.05, 0) is 63.2 Å². The van der Waals surface area contributed by atoms with Crippen molar-refractivity contribution in [3.05, 3.63) is 66.4 Å². The van der Waals surface area contributed by atoms with Gasteiger partial charge in [0, 0.05) is 11.9 Å². The zero-order chi connectivity index (χ0) is 20.6. The molecule has 2 aromatic carbocycles. The minimum Gasteiger partial charge on any atom is -0.489 e. The summed E-state index contributed by atoms with van der Waals surface area (Å²) in [6, 6.07) is 16.4. The smallest absolute Gasteiger partial charge is 0.338 e. The molecule has 7 nitrogen and oxygen atoms in total. The fourth-order valence-corrected chi connectivity index (χ4v) is 2.59. The molecule has 29 heavy (non-hydrogen) atoms. The Morgan fingerprint density at radius 2 is 1.79 bits per heavy atom. The molecule has 7 heteroatoms. The molecule has 0 radical (unpaired) electrons. The van der Waals surface area contributed by atoms with Crippen molar-refractivity contribution in [3.8, 4) is 5.75 Å². The monoisotopic (exact) mass is 392 g/mol. The number of anilines is 4. The van der Waals surface area contributed by atoms with Gasteiger partial charge in [0.15, 0.2) is 0 Å². The lowest BCUT2D eigenvalue weighted by Gasteiger charge is -2.15. The molecule has 0 atom stereocenters. The standard InChI is InChI=1S/C22H24N4O3/c1-4-28-21(27)16-9-11-17(12-10-16)24-20-13-14-23-22(26-20)25-18-7-5-6-8-19(18)29-15(2)3/h5-15H,4H2,1-3H3,(H2,23,24,25,26). The zero-order valence-electron chi connectivity index (χ0n) is 16.7. The molecule has 0 amide bonds. The van der Waals surface area contributed by atoms with Gasteiger partial charge in [-0.25, -0.2) is 9.78 Å². The molecule has 0 spiro atoms. The highest BCUT2D eigenvalue weighted by Crippen LogP contribution is 2.27. The molecule has 0 aliphatic carbocycles. The predicted molar refractivity (Wildman–Crippen MR) is 113 cm³/mol. The molecule has 150 valence electrons. The first-order valence-electron chi connectivity index (χ1n) is 9.45. The fourth-order valence-electron chi connectivity index (χ4n) is 2.59. The Balaban J connectivity index is 1.71. The first-order valence-corrected chi connectivity index (χ1v) is 9.45. The number of nitrogens with zero attached hydrogens (tertiary/aromatic N) is 2. The van der Waals surface area contributed by atoms with Crippen LogP contribution in [0.4, 0.5) is 23.1 Å². The Hall–Kier alpha value is -3.61. The normalized spacial score (nSPS) is 10.5. The van der Waals surface area contributed by atoms with Crippen molar-refractivity contribution in [1.82, 2.24) is 9.97 Å². The number of para-hydroxylation sites is 2. The van der Waals surface area contributed by atoms with Gasteiger partial charge in [0.25, 0.3) is 0 Å². The molecule has 0 unspecified atom stereocenters. The molecule has 0 saturated heterocycles. The van der Waals surface area contributed by atoms with Gasteiger partial charge in [-0.2, -0.15) is 4.98 Å². The van der Waals surface area contributed by atoms with Crippen molar-refractivity contribution in [2.24, 2.45) is 0 Å². The second kappa shape index (κ2) is 9.54. The highest BCUT2D eigenvalue weighted by atomic mass is 16.5. The average molecular weight is 392 g/mol. The highest BCUT2D eigenvalue weighted by molar-refractivity contribution is 5.89. The minimum absolute atomic E-state index is 0.0597. The molecule has 0 bridgehead atoms. The van der Waals surface area contributed by atoms with Gasteiger partial charge in [0.05, 0.1) is 24.0 Å². The Morgan fingerprint density at radius 1 is 1.03 bits per heavy atom. The van der Waals surface area contributed by atoms with E-state index in [1.54, 1.807) is 43.5 Å². The van der Waals surface area contributed by atoms with Crippen LogP contribution in [0, 0.1) is 0 Å². The van der Waals surface area contributed by atoms with Gasteiger partial charge in [-0.3, -0.25) is 0 Å². The number of nitrogens with one attached hydrogen (secondary N) is 2. The number of carbonyl (C=O) groups excluding carboxylic acids is 1. The maximum absolute atomic E-state index is 11.7. The molecular weight excluding hydrogens is 368 g/mol. The van der Waals surface area contributed by atoms with Crippen LogP contribution < -0.4 is 15.4 Å². The second-order valence-corrected chi connectivity index (χ2v) is 6.48. The van der Waals surface area contributed by atoms with Crippen molar-refractivity contribution < 1.29 is 14.3 Å². The summed E-state index contributed by atoms with van der Waals surface area (Å²) < 4.78 is 10.8. The molecule has 3 aromatic rings. The molecule has 1 aromatic heterocycles. The molecular formula is C22H24N4O3. The van der Waals surface area contributed by atoms with Crippen molar-refractivity contribution in [3.63, 3.8) is 0 Å². The summed E-state index contributed by atoms with van der Waals surface area (Å²) in [7, 11) is 0. The van der Waals surface area contributed by atoms with Crippen LogP contribution in [0.15, 0.2) is 60.8 Å². The molecule has 2 N–H and O–H groups in total. The van der Waals surface area contributed by atoms with E-state index in [1.165, 1.54) is 0 Å². The number of aromatic nitrogens is 2. The van der Waals surface area contributed by atoms with Gasteiger partial charge >= 0.3 is 5.97 Å². The Morgan fingerprint density at radius 3 is 2.52 bits per heavy atom. The van der Waals surface area contributed by atoms with E-state index in [9.17, 15) is 4.79 Å². The van der Waals surface area contributed by atoms with Gasteiger partial charge < -0.3 is 20.1 Å². The van der Waals surface area contributed by atoms with Crippen LogP contribution in [-0.2, 0) is 4.74 Å². The summed E-state index contributed by atoms with van der Waals surface area (Å²) in [5, 5.41) is 6.39. The van der Waals surface area contributed by atoms with E-state index in [0.717, 1.165) is 17.1 Å². The first kappa shape index (κ1) is 20.1. The maximum Gasteiger partial charge on any atom is 0.338 e. The van der Waals surface area contributed by atoms with E-state index in [2.05, 4.69) is 20.6 Å². The Labute approximate surface area is 170 Å². The molecule has 0 saturated carbocycles. The SMILES string of the molecule is CCOC(=O)c1ccc(Nc2ccnc(Nc3ccccc3OC(C)C)n2)cc1. The number of esters is 1. The molecule has 0 aliphatic heterocycles. The van der Waals surface area contributed by atoms with Crippen molar-refractivity contribution in [1.29, 1.82) is 0 Å². The largest absolute Gasteiger partial charge is 0.489 e. The Bertz CT molecular complexity index is 958. The third-order valence-corrected chi connectivity index (χ3v) is 3.82. The lowest BCUT2D eigenvalue weighted by Crippen LogP contribution is -2.08. The van der Waals surface area contributed by atoms with E-state index in [4.69, 9.17) is 9.47 Å². The van der Waals surface area contributed by atoms with Crippen LogP contribution in [0.5, 0.6) is 5.75 Å². The summed E-state index contributed by atoms with van der Waals surface area (Å²) in [4.78, 5) is 20.5. The number of hydrogen-bond acceptors (Lipinski definition) is 7. The second-order valence-electron chi connectivity index (χ2n) is 6.48. The molecule has 3 rings (SSSR count). The third-order valence-electron chi connectivity index (χ3n) is 3.82. The topological polar surface area (TPSA) is 85.4 Å². The van der Waals surface area contributed by atoms with Crippen LogP contribution >= 0.6 is 0 Å². The van der Waals surface area contributed by atoms with Crippen LogP contribution in [-0.4, -0.2) is 28.6 Å². The zero-order valence-corrected chi connectivity index (χ0v) is 16.7. The minimum atomic E-state index is -0.338. The van der Waals surface area contributed by atoms with E-state index in [0.29, 0.717) is 23.9 Å². The first-order chi connectivity index (χ1) is 14.0. The van der Waals surface area contributed by atoms with E-state index >= 15 is 0 Å². The summed E-state index contributed by atoms with van der Waals surface area (Å²) >= 11 is 0. The lowest BCUT2D eigenvalue weighted by atomic mass is 10.2. The van der Waals surface area contributed by atoms with E-state index in [1.807, 2.05) is 38.1 Å². The molecule has 1 heterocycles. The predicted octanol–water partition coefficient (Wildman–Crippen LogP) is 4.93. The third kappa shape index (κ3) is 5.68. The number of carbonyl (C=O) groups is 1. The number of hydrogen-bond donors (Lipinski definition) is 2. The van der Waals surface area contributed by atoms with Crippen LogP contribution in [0.1, 0.15) is 31.1 Å². The van der Waals surface area contributed by atoms with Crippen molar-refractivity contribution >= 4 is 29.1 Å². The molecule has 0 aliphatic rings. The Kier molecular flexibility index (Phi) is 6.63. The van der Waals surface area contributed by atoms with E-state index in [-0.39, 0.29) is 12.1 Å². The lowest BCUT2D eigenvalue weighted by molar-refractivity contribution is 0.0526. The average Bonchev–Trinajstić information content (AvgIpc) is 2.70. The number of ether oxygens (including phenoxy) is 2. The summed E-state index contributed by atoms with van der Waals surface area (Å²) in [5.74, 6) is 1.46. The highest BCUT2D eigenvalue weighted by Gasteiger charge is 2.08. The van der Waals surface area contributed by atoms with Crippen LogP contribution in [0.25, 0.3) is 0 Å². The number of benzene rings is 2. The van der Waals surface area contributed by atoms with Gasteiger partial charge in [0.2, 0.25) is 5.95 Å². The van der Waals surface area contributed by atoms with Gasteiger partial charge in [-0.1, -0.05) is 12.1 Å². The molecule has 0 fully saturated rings. The number of rotatable bonds is 8. The summed E-state index contributed by atoms with van der Waals surface area (Å²) in [6.07, 6.45) is 1.72. The quantitative estimate of drug-likeness (QED) is 0.526. The fraction of sp³-hybridized carbons (Fsp3) is 0.227. The summed E-state index contributed by atoms with van der Waals surface area (Å²) in [5.41, 5.74) is 2.09. The van der Waals surface area contributed by atoms with Crippen molar-refractivity contribution in [2.45, 2.75) is 26.9 Å².